The lowest BCUT2D eigenvalue weighted by molar-refractivity contribution is 0.0951. The number of thiophene rings is 1. The van der Waals surface area contributed by atoms with Gasteiger partial charge in [0.25, 0.3) is 5.91 Å². The van der Waals surface area contributed by atoms with E-state index in [9.17, 15) is 4.79 Å². The zero-order valence-electron chi connectivity index (χ0n) is 9.93. The highest BCUT2D eigenvalue weighted by atomic mass is 32.1. The van der Waals surface area contributed by atoms with E-state index in [1.165, 1.54) is 11.8 Å². The lowest BCUT2D eigenvalue weighted by Gasteiger charge is -2.08. The number of pyridine rings is 1. The molecule has 0 fully saturated rings. The summed E-state index contributed by atoms with van der Waals surface area (Å²) in [5.74, 6) is 5.16. The van der Waals surface area contributed by atoms with Crippen LogP contribution in [0, 0.1) is 6.92 Å². The molecule has 2 rings (SSSR count). The molecule has 0 saturated heterocycles. The lowest BCUT2D eigenvalue weighted by atomic mass is 10.2. The quantitative estimate of drug-likeness (QED) is 0.578. The fourth-order valence-electron chi connectivity index (χ4n) is 1.54. The maximum Gasteiger partial charge on any atom is 0.255 e. The fraction of sp³-hybridized carbons (Fsp3) is 0.167. The summed E-state index contributed by atoms with van der Waals surface area (Å²) in [5.41, 5.74) is 4.67. The summed E-state index contributed by atoms with van der Waals surface area (Å²) in [6.07, 6.45) is 3.07. The number of rotatable bonds is 4. The highest BCUT2D eigenvalue weighted by Crippen LogP contribution is 2.16. The molecule has 0 atom stereocenters. The number of hydrogen-bond donors (Lipinski definition) is 3. The first kappa shape index (κ1) is 12.5. The minimum absolute atomic E-state index is 0.191. The highest BCUT2D eigenvalue weighted by molar-refractivity contribution is 7.10. The van der Waals surface area contributed by atoms with Crippen molar-refractivity contribution < 1.29 is 4.79 Å². The second kappa shape index (κ2) is 5.61. The van der Waals surface area contributed by atoms with Gasteiger partial charge in [-0.15, -0.1) is 11.3 Å². The summed E-state index contributed by atoms with van der Waals surface area (Å²) in [4.78, 5) is 17.1. The first-order valence-electron chi connectivity index (χ1n) is 5.44. The molecule has 0 aromatic carbocycles. The number of carbonyl (C=O) groups excluding carboxylic acids is 1. The van der Waals surface area contributed by atoms with E-state index in [-0.39, 0.29) is 5.91 Å². The number of nitrogens with one attached hydrogen (secondary N) is 2. The van der Waals surface area contributed by atoms with Crippen LogP contribution in [-0.4, -0.2) is 10.9 Å². The van der Waals surface area contributed by atoms with Crippen LogP contribution < -0.4 is 16.6 Å². The van der Waals surface area contributed by atoms with Crippen LogP contribution in [0.5, 0.6) is 0 Å². The van der Waals surface area contributed by atoms with Crippen molar-refractivity contribution in [1.29, 1.82) is 0 Å². The third-order valence-electron chi connectivity index (χ3n) is 2.60. The van der Waals surface area contributed by atoms with Crippen molar-refractivity contribution in [3.05, 3.63) is 45.9 Å². The Bertz CT molecular complexity index is 553. The molecule has 4 N–H and O–H groups in total. The molecule has 2 heterocycles. The third-order valence-corrected chi connectivity index (χ3v) is 3.62. The van der Waals surface area contributed by atoms with E-state index in [1.54, 1.807) is 23.6 Å². The van der Waals surface area contributed by atoms with Gasteiger partial charge in [0.1, 0.15) is 0 Å². The Labute approximate surface area is 109 Å². The van der Waals surface area contributed by atoms with Crippen LogP contribution in [0.15, 0.2) is 29.9 Å². The van der Waals surface area contributed by atoms with Gasteiger partial charge in [-0.25, -0.2) is 0 Å². The first-order chi connectivity index (χ1) is 8.72. The average Bonchev–Trinajstić information content (AvgIpc) is 2.81. The molecule has 2 aromatic rings. The summed E-state index contributed by atoms with van der Waals surface area (Å²) < 4.78 is 0. The van der Waals surface area contributed by atoms with E-state index in [2.05, 4.69) is 15.7 Å². The Morgan fingerprint density at radius 2 is 2.33 bits per heavy atom. The van der Waals surface area contributed by atoms with Gasteiger partial charge in [-0.2, -0.15) is 0 Å². The topological polar surface area (TPSA) is 80.0 Å². The summed E-state index contributed by atoms with van der Waals surface area (Å²) in [6.45, 7) is 2.54. The molecule has 0 saturated carbocycles. The molecule has 1 amide bonds. The van der Waals surface area contributed by atoms with Crippen LogP contribution in [-0.2, 0) is 6.54 Å². The van der Waals surface area contributed by atoms with Crippen LogP contribution >= 0.6 is 11.3 Å². The number of nitrogens with two attached hydrogens (primary N) is 1. The molecular formula is C12H14N4OS. The SMILES string of the molecule is Cc1ccsc1CNC(=O)c1cnccc1NN. The van der Waals surface area contributed by atoms with Crippen molar-refractivity contribution in [2.24, 2.45) is 5.84 Å². The number of nitrogen functional groups attached to an aromatic ring is 1. The Morgan fingerprint density at radius 1 is 1.50 bits per heavy atom. The van der Waals surface area contributed by atoms with Gasteiger partial charge in [0.15, 0.2) is 0 Å². The molecule has 0 spiro atoms. The highest BCUT2D eigenvalue weighted by Gasteiger charge is 2.11. The number of amides is 1. The van der Waals surface area contributed by atoms with E-state index in [0.717, 1.165) is 4.88 Å². The van der Waals surface area contributed by atoms with E-state index in [1.807, 2.05) is 18.4 Å². The van der Waals surface area contributed by atoms with E-state index in [4.69, 9.17) is 5.84 Å². The molecule has 18 heavy (non-hydrogen) atoms. The Kier molecular flexibility index (Phi) is 3.91. The number of aromatic nitrogens is 1. The number of aryl methyl sites for hydroxylation is 1. The number of hydrogen-bond acceptors (Lipinski definition) is 5. The zero-order valence-corrected chi connectivity index (χ0v) is 10.8. The van der Waals surface area contributed by atoms with Crippen LogP contribution in [0.1, 0.15) is 20.8 Å². The van der Waals surface area contributed by atoms with Gasteiger partial charge in [-0.1, -0.05) is 0 Å². The maximum absolute atomic E-state index is 12.0. The first-order valence-corrected chi connectivity index (χ1v) is 6.32. The summed E-state index contributed by atoms with van der Waals surface area (Å²) in [5, 5.41) is 4.86. The van der Waals surface area contributed by atoms with Crippen LogP contribution in [0.3, 0.4) is 0 Å². The van der Waals surface area contributed by atoms with Crippen LogP contribution in [0.4, 0.5) is 5.69 Å². The monoisotopic (exact) mass is 262 g/mol. The van der Waals surface area contributed by atoms with Gasteiger partial charge in [-0.3, -0.25) is 15.6 Å². The Morgan fingerprint density at radius 3 is 3.00 bits per heavy atom. The second-order valence-corrected chi connectivity index (χ2v) is 4.78. The number of nitrogens with zero attached hydrogens (tertiary/aromatic N) is 1. The summed E-state index contributed by atoms with van der Waals surface area (Å²) in [6, 6.07) is 3.69. The molecule has 0 aliphatic heterocycles. The van der Waals surface area contributed by atoms with Crippen molar-refractivity contribution >= 4 is 22.9 Å². The van der Waals surface area contributed by atoms with Crippen LogP contribution in [0.25, 0.3) is 0 Å². The van der Waals surface area contributed by atoms with Gasteiger partial charge in [0.2, 0.25) is 0 Å². The average molecular weight is 262 g/mol. The smallest absolute Gasteiger partial charge is 0.255 e. The maximum atomic E-state index is 12.0. The lowest BCUT2D eigenvalue weighted by Crippen LogP contribution is -2.24. The predicted octanol–water partition coefficient (Wildman–Crippen LogP) is 1.67. The summed E-state index contributed by atoms with van der Waals surface area (Å²) in [7, 11) is 0. The van der Waals surface area contributed by atoms with E-state index >= 15 is 0 Å². The molecule has 0 aliphatic carbocycles. The number of hydrazine groups is 1. The number of carbonyl (C=O) groups is 1. The van der Waals surface area contributed by atoms with Gasteiger partial charge < -0.3 is 10.7 Å². The molecule has 94 valence electrons. The molecule has 0 radical (unpaired) electrons. The molecule has 2 aromatic heterocycles. The van der Waals surface area contributed by atoms with E-state index < -0.39 is 0 Å². The van der Waals surface area contributed by atoms with Crippen molar-refractivity contribution in [3.63, 3.8) is 0 Å². The predicted molar refractivity (Wildman–Crippen MR) is 72.3 cm³/mol. The molecular weight excluding hydrogens is 248 g/mol. The third kappa shape index (κ3) is 2.66. The zero-order chi connectivity index (χ0) is 13.0. The fourth-order valence-corrected chi connectivity index (χ4v) is 2.39. The second-order valence-electron chi connectivity index (χ2n) is 3.78. The van der Waals surface area contributed by atoms with Crippen molar-refractivity contribution in [1.82, 2.24) is 10.3 Å². The molecule has 0 aliphatic rings. The van der Waals surface area contributed by atoms with Crippen molar-refractivity contribution in [2.45, 2.75) is 13.5 Å². The Hall–Kier alpha value is -1.92. The van der Waals surface area contributed by atoms with E-state index in [0.29, 0.717) is 17.8 Å². The normalized spacial score (nSPS) is 10.1. The minimum Gasteiger partial charge on any atom is -0.347 e. The van der Waals surface area contributed by atoms with Crippen LogP contribution in [0.2, 0.25) is 0 Å². The minimum atomic E-state index is -0.191. The largest absolute Gasteiger partial charge is 0.347 e. The van der Waals surface area contributed by atoms with Gasteiger partial charge in [0.05, 0.1) is 17.8 Å². The summed E-state index contributed by atoms with van der Waals surface area (Å²) >= 11 is 1.63. The molecule has 0 unspecified atom stereocenters. The molecule has 0 bridgehead atoms. The van der Waals surface area contributed by atoms with Gasteiger partial charge in [-0.05, 0) is 30.0 Å². The van der Waals surface area contributed by atoms with Gasteiger partial charge >= 0.3 is 0 Å². The molecule has 5 nitrogen and oxygen atoms in total. The van der Waals surface area contributed by atoms with Crippen molar-refractivity contribution in [2.75, 3.05) is 5.43 Å². The molecule has 6 heteroatoms. The van der Waals surface area contributed by atoms with Crippen molar-refractivity contribution in [3.8, 4) is 0 Å². The number of anilines is 1. The van der Waals surface area contributed by atoms with Gasteiger partial charge in [0, 0.05) is 17.3 Å². The standard InChI is InChI=1S/C12H14N4OS/c1-8-3-5-18-11(8)7-15-12(17)9-6-14-4-2-10(9)16-13/h2-6H,7,13H2,1H3,(H,14,16)(H,15,17). The Balaban J connectivity index is 2.06.